The summed E-state index contributed by atoms with van der Waals surface area (Å²) in [5, 5.41) is 6.42. The zero-order valence-electron chi connectivity index (χ0n) is 21.0. The molecule has 5 heteroatoms. The van der Waals surface area contributed by atoms with E-state index in [9.17, 15) is 0 Å². The van der Waals surface area contributed by atoms with Crippen molar-refractivity contribution in [3.05, 3.63) is 156 Å². The summed E-state index contributed by atoms with van der Waals surface area (Å²) < 4.78 is 24.1. The van der Waals surface area contributed by atoms with Crippen molar-refractivity contribution in [2.24, 2.45) is 0 Å². The highest BCUT2D eigenvalue weighted by Gasteiger charge is 2.41. The fraction of sp³-hybridized carbons (Fsp3) is 0.0294. The number of benzene rings is 5. The summed E-state index contributed by atoms with van der Waals surface area (Å²) in [5.74, 6) is -0.0372. The highest BCUT2D eigenvalue weighted by atomic mass is 19.1. The molecule has 0 aliphatic rings. The predicted octanol–water partition coefficient (Wildman–Crippen LogP) is 8.01. The average Bonchev–Trinajstić information content (AvgIpc) is 3.60. The molecule has 0 saturated carbocycles. The second-order valence-electron chi connectivity index (χ2n) is 9.58. The summed E-state index contributed by atoms with van der Waals surface area (Å²) in [4.78, 5) is 0. The van der Waals surface area contributed by atoms with Crippen LogP contribution in [-0.4, -0.2) is 9.78 Å². The van der Waals surface area contributed by atoms with Gasteiger partial charge in [-0.15, -0.1) is 0 Å². The molecule has 0 fully saturated rings. The van der Waals surface area contributed by atoms with E-state index in [1.165, 1.54) is 0 Å². The molecule has 0 radical (unpaired) electrons. The van der Waals surface area contributed by atoms with E-state index in [4.69, 9.17) is 15.2 Å². The molecule has 0 spiro atoms. The minimum atomic E-state index is -0.922. The Hall–Kier alpha value is -5.16. The Morgan fingerprint density at radius 2 is 1.21 bits per heavy atom. The van der Waals surface area contributed by atoms with E-state index in [-0.39, 0.29) is 5.69 Å². The number of nitrogens with zero attached hydrogens (tertiary/aromatic N) is 2. The maximum Gasteiger partial charge on any atom is 0.157 e. The van der Waals surface area contributed by atoms with E-state index in [1.807, 2.05) is 95.7 Å². The number of aromatic nitrogens is 2. The van der Waals surface area contributed by atoms with Gasteiger partial charge >= 0.3 is 0 Å². The number of halogens is 1. The van der Waals surface area contributed by atoms with Crippen LogP contribution in [-0.2, 0) is 5.54 Å². The summed E-state index contributed by atoms with van der Waals surface area (Å²) in [6.45, 7) is 0. The summed E-state index contributed by atoms with van der Waals surface area (Å²) in [6.07, 6.45) is 0. The molecule has 0 amide bonds. The van der Waals surface area contributed by atoms with Gasteiger partial charge in [-0.25, -0.2) is 9.07 Å². The zero-order valence-corrected chi connectivity index (χ0v) is 21.0. The van der Waals surface area contributed by atoms with E-state index >= 15 is 4.39 Å². The molecule has 7 rings (SSSR count). The van der Waals surface area contributed by atoms with Crippen LogP contribution in [0.5, 0.6) is 0 Å². The van der Waals surface area contributed by atoms with Crippen LogP contribution in [0.1, 0.15) is 16.7 Å². The van der Waals surface area contributed by atoms with Gasteiger partial charge in [0.05, 0.1) is 16.6 Å². The third-order valence-electron chi connectivity index (χ3n) is 7.37. The molecule has 2 N–H and O–H groups in total. The molecule has 4 nitrogen and oxygen atoms in total. The summed E-state index contributed by atoms with van der Waals surface area (Å²) in [5.41, 5.74) is 9.93. The van der Waals surface area contributed by atoms with E-state index in [0.29, 0.717) is 27.9 Å². The van der Waals surface area contributed by atoms with Crippen molar-refractivity contribution < 1.29 is 8.81 Å². The number of nitrogen functional groups attached to an aromatic ring is 1. The van der Waals surface area contributed by atoms with Crippen LogP contribution in [0.25, 0.3) is 33.3 Å². The Kier molecular flexibility index (Phi) is 5.30. The van der Waals surface area contributed by atoms with Gasteiger partial charge in [0.25, 0.3) is 0 Å². The molecule has 2 heterocycles. The number of anilines is 1. The Bertz CT molecular complexity index is 1800. The lowest BCUT2D eigenvalue weighted by molar-refractivity contribution is 0.475. The summed E-state index contributed by atoms with van der Waals surface area (Å²) >= 11 is 0. The number of fused-ring (bicyclic) bond motifs is 2. The van der Waals surface area contributed by atoms with E-state index in [1.54, 1.807) is 6.07 Å². The van der Waals surface area contributed by atoms with Crippen molar-refractivity contribution in [2.75, 3.05) is 5.73 Å². The van der Waals surface area contributed by atoms with Crippen molar-refractivity contribution in [2.45, 2.75) is 5.54 Å². The first-order valence-corrected chi connectivity index (χ1v) is 12.8. The second kappa shape index (κ2) is 8.99. The highest BCUT2D eigenvalue weighted by molar-refractivity contribution is 5.97. The van der Waals surface area contributed by atoms with Gasteiger partial charge in [-0.2, -0.15) is 5.10 Å². The molecule has 7 aromatic rings. The molecule has 188 valence electrons. The first-order valence-electron chi connectivity index (χ1n) is 12.8. The van der Waals surface area contributed by atoms with Crippen molar-refractivity contribution in [3.8, 4) is 11.5 Å². The van der Waals surface area contributed by atoms with Crippen LogP contribution in [0.3, 0.4) is 0 Å². The first kappa shape index (κ1) is 23.0. The quantitative estimate of drug-likeness (QED) is 0.189. The second-order valence-corrected chi connectivity index (χ2v) is 9.58. The molecule has 0 atom stereocenters. The SMILES string of the molecule is Nc1ccc2c(c(-c3cc4ccccc4o3)nn2C(c2ccccc2)(c2ccccc2)c2ccccc2)c1F. The number of furan rings is 1. The number of rotatable bonds is 5. The molecular weight excluding hydrogens is 485 g/mol. The topological polar surface area (TPSA) is 57.0 Å². The van der Waals surface area contributed by atoms with E-state index in [2.05, 4.69) is 36.4 Å². The standard InChI is InChI=1S/C34H24FN3O/c35-32-27(36)20-21-28-31(32)33(30-22-23-12-10-11-19-29(23)39-30)37-38(28)34(24-13-4-1-5-14-24,25-15-6-2-7-16-25)26-17-8-3-9-18-26/h1-22H,36H2. The number of para-hydroxylation sites is 1. The van der Waals surface area contributed by atoms with Gasteiger partial charge in [-0.1, -0.05) is 109 Å². The fourth-order valence-electron chi connectivity index (χ4n) is 5.62. The van der Waals surface area contributed by atoms with Crippen LogP contribution in [0, 0.1) is 5.82 Å². The smallest absolute Gasteiger partial charge is 0.157 e. The third kappa shape index (κ3) is 3.47. The molecule has 0 aliphatic carbocycles. The lowest BCUT2D eigenvalue weighted by Gasteiger charge is -2.37. The first-order chi connectivity index (χ1) is 19.2. The van der Waals surface area contributed by atoms with Gasteiger partial charge in [0, 0.05) is 5.39 Å². The number of nitrogens with two attached hydrogens (primary N) is 1. The van der Waals surface area contributed by atoms with Gasteiger partial charge in [-0.3, -0.25) is 0 Å². The Balaban J connectivity index is 1.66. The third-order valence-corrected chi connectivity index (χ3v) is 7.37. The van der Waals surface area contributed by atoms with Crippen LogP contribution in [0.4, 0.5) is 10.1 Å². The highest BCUT2D eigenvalue weighted by Crippen LogP contribution is 2.45. The Morgan fingerprint density at radius 3 is 1.77 bits per heavy atom. The lowest BCUT2D eigenvalue weighted by atomic mass is 9.77. The van der Waals surface area contributed by atoms with Crippen molar-refractivity contribution in [3.63, 3.8) is 0 Å². The number of hydrogen-bond donors (Lipinski definition) is 1. The van der Waals surface area contributed by atoms with Gasteiger partial charge in [0.1, 0.15) is 16.8 Å². The minimum Gasteiger partial charge on any atom is -0.454 e. The summed E-state index contributed by atoms with van der Waals surface area (Å²) in [7, 11) is 0. The lowest BCUT2D eigenvalue weighted by Crippen LogP contribution is -2.38. The van der Waals surface area contributed by atoms with Gasteiger partial charge in [0.15, 0.2) is 11.6 Å². The average molecular weight is 510 g/mol. The molecule has 0 bridgehead atoms. The molecule has 0 aliphatic heterocycles. The zero-order chi connectivity index (χ0) is 26.4. The molecular formula is C34H24FN3O. The van der Waals surface area contributed by atoms with Crippen LogP contribution < -0.4 is 5.73 Å². The van der Waals surface area contributed by atoms with Gasteiger partial charge in [-0.05, 0) is 41.0 Å². The molecule has 2 aromatic heterocycles. The molecule has 0 unspecified atom stereocenters. The minimum absolute atomic E-state index is 0.0594. The van der Waals surface area contributed by atoms with E-state index in [0.717, 1.165) is 22.1 Å². The Morgan fingerprint density at radius 1 is 0.667 bits per heavy atom. The normalized spacial score (nSPS) is 11.8. The van der Waals surface area contributed by atoms with Gasteiger partial charge in [0.2, 0.25) is 0 Å². The maximum absolute atomic E-state index is 16.0. The van der Waals surface area contributed by atoms with Gasteiger partial charge < -0.3 is 10.2 Å². The predicted molar refractivity (Wildman–Crippen MR) is 154 cm³/mol. The van der Waals surface area contributed by atoms with Crippen molar-refractivity contribution in [1.29, 1.82) is 0 Å². The molecule has 5 aromatic carbocycles. The Labute approximate surface area is 224 Å². The molecule has 39 heavy (non-hydrogen) atoms. The van der Waals surface area contributed by atoms with Crippen LogP contribution >= 0.6 is 0 Å². The van der Waals surface area contributed by atoms with Crippen molar-refractivity contribution >= 4 is 27.6 Å². The monoisotopic (exact) mass is 509 g/mol. The van der Waals surface area contributed by atoms with Crippen LogP contribution in [0.15, 0.2) is 138 Å². The maximum atomic E-state index is 16.0. The van der Waals surface area contributed by atoms with E-state index < -0.39 is 11.4 Å². The largest absolute Gasteiger partial charge is 0.454 e. The molecule has 0 saturated heterocycles. The fourth-order valence-corrected chi connectivity index (χ4v) is 5.62. The van der Waals surface area contributed by atoms with Crippen LogP contribution in [0.2, 0.25) is 0 Å². The number of hydrogen-bond acceptors (Lipinski definition) is 3. The van der Waals surface area contributed by atoms with Crippen molar-refractivity contribution in [1.82, 2.24) is 9.78 Å². The summed E-state index contributed by atoms with van der Waals surface area (Å²) in [6, 6.07) is 43.6.